The van der Waals surface area contributed by atoms with E-state index in [9.17, 15) is 14.7 Å². The van der Waals surface area contributed by atoms with Crippen molar-refractivity contribution in [1.82, 2.24) is 15.1 Å². The van der Waals surface area contributed by atoms with E-state index in [-0.39, 0.29) is 18.6 Å². The van der Waals surface area contributed by atoms with Crippen LogP contribution in [0.4, 0.5) is 10.5 Å². The van der Waals surface area contributed by atoms with Gasteiger partial charge in [0.05, 0.1) is 18.8 Å². The number of aliphatic hydroxyl groups excluding tert-OH is 1. The van der Waals surface area contributed by atoms with Gasteiger partial charge in [-0.15, -0.1) is 0 Å². The van der Waals surface area contributed by atoms with Crippen LogP contribution in [-0.4, -0.2) is 84.4 Å². The monoisotopic (exact) mass is 410 g/mol. The quantitative estimate of drug-likeness (QED) is 0.692. The summed E-state index contributed by atoms with van der Waals surface area (Å²) in [5.74, 6) is 0.0916. The minimum atomic E-state index is -0.794. The molecule has 0 bridgehead atoms. The van der Waals surface area contributed by atoms with E-state index in [0.717, 1.165) is 26.1 Å². The molecular weight excluding hydrogens is 384 g/mol. The highest BCUT2D eigenvalue weighted by molar-refractivity contribution is 6.30. The Morgan fingerprint density at radius 3 is 2.86 bits per heavy atom. The topological polar surface area (TPSA) is 94.1 Å². The number of carbonyl (C=O) groups is 2. The standard InChI is InChI=1S/C19H27ClN4O4/c1-13(25)24-7-3-6-23(8-9-24)11-17-18(26)16(12-28-17)22-19(27)21-15-5-2-4-14(20)10-15/h2,4-5,10,16-18,26H,3,6-9,11-12H2,1H3,(H2,21,22,27)/t16-,17-,18+/m0/s1. The fourth-order valence-corrected chi connectivity index (χ4v) is 3.79. The molecule has 1 aromatic rings. The number of halogens is 1. The summed E-state index contributed by atoms with van der Waals surface area (Å²) in [6.45, 7) is 5.45. The van der Waals surface area contributed by atoms with E-state index in [4.69, 9.17) is 16.3 Å². The lowest BCUT2D eigenvalue weighted by molar-refractivity contribution is -0.128. The summed E-state index contributed by atoms with van der Waals surface area (Å²) in [7, 11) is 0. The zero-order valence-electron chi connectivity index (χ0n) is 15.9. The van der Waals surface area contributed by atoms with Gasteiger partial charge in [0, 0.05) is 43.8 Å². The van der Waals surface area contributed by atoms with Crippen molar-refractivity contribution < 1.29 is 19.4 Å². The first-order valence-electron chi connectivity index (χ1n) is 9.53. The number of nitrogens with zero attached hydrogens (tertiary/aromatic N) is 2. The number of benzene rings is 1. The molecule has 3 rings (SSSR count). The number of urea groups is 1. The van der Waals surface area contributed by atoms with Gasteiger partial charge in [-0.1, -0.05) is 17.7 Å². The van der Waals surface area contributed by atoms with E-state index in [2.05, 4.69) is 15.5 Å². The van der Waals surface area contributed by atoms with Gasteiger partial charge in [-0.2, -0.15) is 0 Å². The number of nitrogens with one attached hydrogen (secondary N) is 2. The maximum absolute atomic E-state index is 12.2. The molecule has 2 fully saturated rings. The number of aliphatic hydroxyl groups is 1. The van der Waals surface area contributed by atoms with E-state index in [1.165, 1.54) is 0 Å². The molecule has 3 atom stereocenters. The first-order chi connectivity index (χ1) is 13.4. The van der Waals surface area contributed by atoms with E-state index in [0.29, 0.717) is 23.8 Å². The second-order valence-corrected chi connectivity index (χ2v) is 7.67. The number of hydrogen-bond donors (Lipinski definition) is 3. The van der Waals surface area contributed by atoms with Crippen molar-refractivity contribution in [3.05, 3.63) is 29.3 Å². The number of amides is 3. The Balaban J connectivity index is 1.47. The third-order valence-electron chi connectivity index (χ3n) is 5.15. The smallest absolute Gasteiger partial charge is 0.319 e. The van der Waals surface area contributed by atoms with E-state index < -0.39 is 18.2 Å². The minimum Gasteiger partial charge on any atom is -0.388 e. The first-order valence-corrected chi connectivity index (χ1v) is 9.91. The summed E-state index contributed by atoms with van der Waals surface area (Å²) in [5.41, 5.74) is 0.578. The Labute approximate surface area is 169 Å². The van der Waals surface area contributed by atoms with E-state index in [1.807, 2.05) is 4.90 Å². The molecule has 8 nitrogen and oxygen atoms in total. The number of carbonyl (C=O) groups excluding carboxylic acids is 2. The third-order valence-corrected chi connectivity index (χ3v) is 5.39. The van der Waals surface area contributed by atoms with Crippen molar-refractivity contribution in [2.45, 2.75) is 31.6 Å². The van der Waals surface area contributed by atoms with Crippen LogP contribution in [0.25, 0.3) is 0 Å². The Kier molecular flexibility index (Phi) is 7.12. The number of anilines is 1. The van der Waals surface area contributed by atoms with E-state index in [1.54, 1.807) is 31.2 Å². The lowest BCUT2D eigenvalue weighted by atomic mass is 10.1. The fraction of sp³-hybridized carbons (Fsp3) is 0.579. The molecule has 2 aliphatic rings. The highest BCUT2D eigenvalue weighted by atomic mass is 35.5. The summed E-state index contributed by atoms with van der Waals surface area (Å²) in [4.78, 5) is 27.8. The Morgan fingerprint density at radius 1 is 1.29 bits per heavy atom. The Bertz CT molecular complexity index is 704. The van der Waals surface area contributed by atoms with Crippen molar-refractivity contribution in [3.8, 4) is 0 Å². The second-order valence-electron chi connectivity index (χ2n) is 7.24. The summed E-state index contributed by atoms with van der Waals surface area (Å²) in [5, 5.41) is 16.6. The third kappa shape index (κ3) is 5.57. The Morgan fingerprint density at radius 2 is 2.11 bits per heavy atom. The van der Waals surface area contributed by atoms with Gasteiger partial charge >= 0.3 is 6.03 Å². The van der Waals surface area contributed by atoms with Crippen molar-refractivity contribution in [2.75, 3.05) is 44.6 Å². The summed E-state index contributed by atoms with van der Waals surface area (Å²) in [6, 6.07) is 5.96. The molecule has 0 spiro atoms. The molecule has 9 heteroatoms. The van der Waals surface area contributed by atoms with Crippen LogP contribution in [0.2, 0.25) is 5.02 Å². The van der Waals surface area contributed by atoms with Gasteiger partial charge in [0.15, 0.2) is 0 Å². The normalized spacial score (nSPS) is 26.0. The van der Waals surface area contributed by atoms with Crippen LogP contribution < -0.4 is 10.6 Å². The van der Waals surface area contributed by atoms with Gasteiger partial charge < -0.3 is 25.4 Å². The predicted molar refractivity (Wildman–Crippen MR) is 106 cm³/mol. The predicted octanol–water partition coefficient (Wildman–Crippen LogP) is 1.14. The minimum absolute atomic E-state index is 0.0916. The molecule has 0 radical (unpaired) electrons. The SMILES string of the molecule is CC(=O)N1CCCN(C[C@@H]2OC[C@H](NC(=O)Nc3cccc(Cl)c3)[C@H]2O)CC1. The van der Waals surface area contributed by atoms with Crippen LogP contribution >= 0.6 is 11.6 Å². The molecule has 1 aromatic carbocycles. The number of ether oxygens (including phenoxy) is 1. The zero-order valence-corrected chi connectivity index (χ0v) is 16.7. The van der Waals surface area contributed by atoms with Crippen LogP contribution in [0.15, 0.2) is 24.3 Å². The maximum Gasteiger partial charge on any atom is 0.319 e. The van der Waals surface area contributed by atoms with Gasteiger partial charge in [0.2, 0.25) is 5.91 Å². The average molecular weight is 411 g/mol. The lowest BCUT2D eigenvalue weighted by Crippen LogP contribution is -2.48. The highest BCUT2D eigenvalue weighted by Gasteiger charge is 2.38. The molecule has 2 saturated heterocycles. The number of hydrogen-bond acceptors (Lipinski definition) is 5. The van der Waals surface area contributed by atoms with Crippen molar-refractivity contribution in [2.24, 2.45) is 0 Å². The number of rotatable bonds is 4. The molecule has 0 saturated carbocycles. The van der Waals surface area contributed by atoms with Gasteiger partial charge in [-0.25, -0.2) is 4.79 Å². The molecule has 2 heterocycles. The van der Waals surface area contributed by atoms with Crippen LogP contribution in [0.1, 0.15) is 13.3 Å². The van der Waals surface area contributed by atoms with Crippen molar-refractivity contribution >= 4 is 29.2 Å². The molecule has 0 aromatic heterocycles. The maximum atomic E-state index is 12.2. The molecule has 154 valence electrons. The molecule has 0 unspecified atom stereocenters. The van der Waals surface area contributed by atoms with Crippen LogP contribution in [-0.2, 0) is 9.53 Å². The zero-order chi connectivity index (χ0) is 20.1. The van der Waals surface area contributed by atoms with Gasteiger partial charge in [-0.05, 0) is 31.2 Å². The summed E-state index contributed by atoms with van der Waals surface area (Å²) < 4.78 is 5.73. The second kappa shape index (κ2) is 9.56. The molecule has 28 heavy (non-hydrogen) atoms. The molecule has 0 aliphatic carbocycles. The van der Waals surface area contributed by atoms with Crippen LogP contribution in [0, 0.1) is 0 Å². The average Bonchev–Trinajstić information content (AvgIpc) is 2.84. The summed E-state index contributed by atoms with van der Waals surface area (Å²) in [6.07, 6.45) is -0.274. The van der Waals surface area contributed by atoms with Crippen molar-refractivity contribution in [3.63, 3.8) is 0 Å². The largest absolute Gasteiger partial charge is 0.388 e. The fourth-order valence-electron chi connectivity index (χ4n) is 3.60. The van der Waals surface area contributed by atoms with Gasteiger partial charge in [-0.3, -0.25) is 9.69 Å². The Hall–Kier alpha value is -1.87. The molecule has 3 N–H and O–H groups in total. The first kappa shape index (κ1) is 20.9. The highest BCUT2D eigenvalue weighted by Crippen LogP contribution is 2.18. The van der Waals surface area contributed by atoms with Crippen molar-refractivity contribution in [1.29, 1.82) is 0 Å². The molecule has 2 aliphatic heterocycles. The van der Waals surface area contributed by atoms with Crippen LogP contribution in [0.5, 0.6) is 0 Å². The molecular formula is C19H27ClN4O4. The van der Waals surface area contributed by atoms with Crippen LogP contribution in [0.3, 0.4) is 0 Å². The lowest BCUT2D eigenvalue weighted by Gasteiger charge is -2.26. The summed E-state index contributed by atoms with van der Waals surface area (Å²) >= 11 is 5.91. The van der Waals surface area contributed by atoms with Gasteiger partial charge in [0.1, 0.15) is 6.10 Å². The molecule has 3 amide bonds. The van der Waals surface area contributed by atoms with Gasteiger partial charge in [0.25, 0.3) is 0 Å². The van der Waals surface area contributed by atoms with E-state index >= 15 is 0 Å².